The van der Waals surface area contributed by atoms with Gasteiger partial charge in [0.05, 0.1) is 13.7 Å². The standard InChI is InChI=1S/C22H19N5O4S/c1-30-18-11-15(7-8-17(18)31-19(12-28)14-5-3-2-4-6-14)20(29)25-22-27-26-21(32-22)16-9-10-23-13-24-16/h2-11,13,19,28H,12H2,1H3,(H,25,27,29). The molecule has 0 aliphatic carbocycles. The number of carbonyl (C=O) groups is 1. The lowest BCUT2D eigenvalue weighted by atomic mass is 10.1. The molecule has 0 aliphatic heterocycles. The second kappa shape index (κ2) is 9.94. The van der Waals surface area contributed by atoms with Crippen LogP contribution >= 0.6 is 11.3 Å². The highest BCUT2D eigenvalue weighted by atomic mass is 32.1. The third-order valence-corrected chi connectivity index (χ3v) is 5.34. The first-order chi connectivity index (χ1) is 15.7. The summed E-state index contributed by atoms with van der Waals surface area (Å²) in [6, 6.07) is 15.9. The molecule has 2 heterocycles. The number of rotatable bonds is 8. The minimum Gasteiger partial charge on any atom is -0.493 e. The summed E-state index contributed by atoms with van der Waals surface area (Å²) in [6.07, 6.45) is 2.47. The van der Waals surface area contributed by atoms with E-state index in [4.69, 9.17) is 9.47 Å². The summed E-state index contributed by atoms with van der Waals surface area (Å²) in [5, 5.41) is 21.4. The second-order valence-electron chi connectivity index (χ2n) is 6.53. The number of hydrogen-bond acceptors (Lipinski definition) is 9. The van der Waals surface area contributed by atoms with Crippen LogP contribution in [0.5, 0.6) is 11.5 Å². The molecule has 32 heavy (non-hydrogen) atoms. The number of nitrogens with one attached hydrogen (secondary N) is 1. The van der Waals surface area contributed by atoms with E-state index in [1.165, 1.54) is 24.8 Å². The van der Waals surface area contributed by atoms with E-state index in [2.05, 4.69) is 25.5 Å². The number of hydrogen-bond donors (Lipinski definition) is 2. The number of aromatic nitrogens is 4. The van der Waals surface area contributed by atoms with Gasteiger partial charge in [-0.1, -0.05) is 41.7 Å². The van der Waals surface area contributed by atoms with Crippen molar-refractivity contribution in [2.75, 3.05) is 19.0 Å². The molecule has 0 spiro atoms. The summed E-state index contributed by atoms with van der Waals surface area (Å²) >= 11 is 1.20. The van der Waals surface area contributed by atoms with Crippen molar-refractivity contribution in [3.8, 4) is 22.2 Å². The normalized spacial score (nSPS) is 11.6. The van der Waals surface area contributed by atoms with Crippen LogP contribution in [0.1, 0.15) is 22.0 Å². The van der Waals surface area contributed by atoms with Crippen molar-refractivity contribution in [3.63, 3.8) is 0 Å². The Morgan fingerprint density at radius 1 is 1.12 bits per heavy atom. The molecular weight excluding hydrogens is 430 g/mol. The van der Waals surface area contributed by atoms with E-state index in [1.54, 1.807) is 30.5 Å². The highest BCUT2D eigenvalue weighted by Gasteiger charge is 2.18. The van der Waals surface area contributed by atoms with Crippen LogP contribution in [0.3, 0.4) is 0 Å². The highest BCUT2D eigenvalue weighted by Crippen LogP contribution is 2.32. The van der Waals surface area contributed by atoms with Gasteiger partial charge in [-0.3, -0.25) is 10.1 Å². The van der Waals surface area contributed by atoms with Crippen LogP contribution < -0.4 is 14.8 Å². The van der Waals surface area contributed by atoms with Crippen molar-refractivity contribution in [2.24, 2.45) is 0 Å². The first-order valence-electron chi connectivity index (χ1n) is 9.59. The van der Waals surface area contributed by atoms with E-state index in [-0.39, 0.29) is 12.5 Å². The Balaban J connectivity index is 1.48. The van der Waals surface area contributed by atoms with Crippen molar-refractivity contribution < 1.29 is 19.4 Å². The number of benzene rings is 2. The van der Waals surface area contributed by atoms with Crippen molar-refractivity contribution >= 4 is 22.4 Å². The molecule has 162 valence electrons. The number of aliphatic hydroxyl groups is 1. The quantitative estimate of drug-likeness (QED) is 0.420. The molecule has 0 bridgehead atoms. The fourth-order valence-electron chi connectivity index (χ4n) is 2.90. The largest absolute Gasteiger partial charge is 0.493 e. The van der Waals surface area contributed by atoms with Crippen LogP contribution in [0.25, 0.3) is 10.7 Å². The SMILES string of the molecule is COc1cc(C(=O)Nc2nnc(-c3ccncn3)s2)ccc1OC(CO)c1ccccc1. The Bertz CT molecular complexity index is 1190. The van der Waals surface area contributed by atoms with E-state index >= 15 is 0 Å². The Morgan fingerprint density at radius 3 is 2.69 bits per heavy atom. The van der Waals surface area contributed by atoms with Crippen LogP contribution in [0.2, 0.25) is 0 Å². The van der Waals surface area contributed by atoms with E-state index < -0.39 is 6.10 Å². The molecule has 1 unspecified atom stereocenters. The molecule has 1 atom stereocenters. The van der Waals surface area contributed by atoms with Gasteiger partial charge in [-0.15, -0.1) is 10.2 Å². The molecule has 0 aliphatic rings. The molecule has 0 radical (unpaired) electrons. The zero-order chi connectivity index (χ0) is 22.3. The van der Waals surface area contributed by atoms with E-state index in [9.17, 15) is 9.90 Å². The van der Waals surface area contributed by atoms with Gasteiger partial charge < -0.3 is 14.6 Å². The minimum absolute atomic E-state index is 0.207. The number of methoxy groups -OCH3 is 1. The van der Waals surface area contributed by atoms with E-state index in [0.29, 0.717) is 32.9 Å². The molecule has 4 rings (SSSR count). The first-order valence-corrected chi connectivity index (χ1v) is 10.4. The molecule has 9 nitrogen and oxygen atoms in total. The topological polar surface area (TPSA) is 119 Å². The summed E-state index contributed by atoms with van der Waals surface area (Å²) in [5.41, 5.74) is 1.81. The number of ether oxygens (including phenoxy) is 2. The molecule has 1 amide bonds. The fraction of sp³-hybridized carbons (Fsp3) is 0.136. The Hall–Kier alpha value is -3.89. The van der Waals surface area contributed by atoms with Gasteiger partial charge >= 0.3 is 0 Å². The highest BCUT2D eigenvalue weighted by molar-refractivity contribution is 7.18. The maximum absolute atomic E-state index is 12.7. The Kier molecular flexibility index (Phi) is 6.63. The molecule has 0 fully saturated rings. The molecule has 2 aromatic carbocycles. The van der Waals surface area contributed by atoms with Crippen LogP contribution in [0, 0.1) is 0 Å². The third kappa shape index (κ3) is 4.88. The van der Waals surface area contributed by atoms with Crippen molar-refractivity contribution in [1.82, 2.24) is 20.2 Å². The van der Waals surface area contributed by atoms with Crippen molar-refractivity contribution in [3.05, 3.63) is 78.2 Å². The number of nitrogens with zero attached hydrogens (tertiary/aromatic N) is 4. The van der Waals surface area contributed by atoms with Gasteiger partial charge in [0.1, 0.15) is 18.1 Å². The maximum atomic E-state index is 12.7. The summed E-state index contributed by atoms with van der Waals surface area (Å²) < 4.78 is 11.3. The summed E-state index contributed by atoms with van der Waals surface area (Å²) in [6.45, 7) is -0.207. The van der Waals surface area contributed by atoms with E-state index in [1.807, 2.05) is 30.3 Å². The summed E-state index contributed by atoms with van der Waals surface area (Å²) in [4.78, 5) is 20.7. The number of anilines is 1. The average Bonchev–Trinajstić information content (AvgIpc) is 3.32. The Labute approximate surface area is 187 Å². The molecule has 2 aromatic heterocycles. The zero-order valence-corrected chi connectivity index (χ0v) is 17.8. The van der Waals surface area contributed by atoms with Crippen LogP contribution in [-0.2, 0) is 0 Å². The van der Waals surface area contributed by atoms with Crippen LogP contribution in [0.15, 0.2) is 67.1 Å². The van der Waals surface area contributed by atoms with Crippen molar-refractivity contribution in [2.45, 2.75) is 6.10 Å². The molecule has 0 saturated carbocycles. The van der Waals surface area contributed by atoms with Gasteiger partial charge in [-0.05, 0) is 29.8 Å². The average molecular weight is 449 g/mol. The summed E-state index contributed by atoms with van der Waals surface area (Å²) in [7, 11) is 1.49. The molecule has 4 aromatic rings. The first kappa shape index (κ1) is 21.3. The predicted octanol–water partition coefficient (Wildman–Crippen LogP) is 3.37. The third-order valence-electron chi connectivity index (χ3n) is 4.48. The smallest absolute Gasteiger partial charge is 0.257 e. The van der Waals surface area contributed by atoms with Gasteiger partial charge in [0.15, 0.2) is 16.5 Å². The predicted molar refractivity (Wildman–Crippen MR) is 119 cm³/mol. The Morgan fingerprint density at radius 2 is 1.97 bits per heavy atom. The fourth-order valence-corrected chi connectivity index (χ4v) is 3.62. The van der Waals surface area contributed by atoms with Gasteiger partial charge in [0.25, 0.3) is 5.91 Å². The van der Waals surface area contributed by atoms with Gasteiger partial charge in [0.2, 0.25) is 5.13 Å². The molecule has 10 heteroatoms. The van der Waals surface area contributed by atoms with Gasteiger partial charge in [-0.25, -0.2) is 9.97 Å². The molecular formula is C22H19N5O4S. The lowest BCUT2D eigenvalue weighted by Gasteiger charge is -2.19. The van der Waals surface area contributed by atoms with E-state index in [0.717, 1.165) is 5.56 Å². The lowest BCUT2D eigenvalue weighted by molar-refractivity contribution is 0.102. The number of amides is 1. The number of carbonyl (C=O) groups excluding carboxylic acids is 1. The minimum atomic E-state index is -0.564. The maximum Gasteiger partial charge on any atom is 0.257 e. The summed E-state index contributed by atoms with van der Waals surface area (Å²) in [5.74, 6) is 0.405. The van der Waals surface area contributed by atoms with Crippen molar-refractivity contribution in [1.29, 1.82) is 0 Å². The lowest BCUT2D eigenvalue weighted by Crippen LogP contribution is -2.14. The zero-order valence-electron chi connectivity index (χ0n) is 17.0. The number of aliphatic hydroxyl groups excluding tert-OH is 1. The van der Waals surface area contributed by atoms with Gasteiger partial charge in [0, 0.05) is 11.8 Å². The monoisotopic (exact) mass is 449 g/mol. The van der Waals surface area contributed by atoms with Crippen LogP contribution in [0.4, 0.5) is 5.13 Å². The van der Waals surface area contributed by atoms with Gasteiger partial charge in [-0.2, -0.15) is 0 Å². The molecule has 2 N–H and O–H groups in total. The molecule has 0 saturated heterocycles. The second-order valence-corrected chi connectivity index (χ2v) is 7.50. The van der Waals surface area contributed by atoms with Crippen LogP contribution in [-0.4, -0.2) is 44.9 Å².